The van der Waals surface area contributed by atoms with Crippen molar-refractivity contribution in [2.75, 3.05) is 13.1 Å². The molecule has 1 fully saturated rings. The Bertz CT molecular complexity index is 690. The fourth-order valence-corrected chi connectivity index (χ4v) is 3.15. The van der Waals surface area contributed by atoms with Gasteiger partial charge in [-0.3, -0.25) is 4.90 Å². The third kappa shape index (κ3) is 4.40. The van der Waals surface area contributed by atoms with E-state index in [4.69, 9.17) is 9.15 Å². The SMILES string of the molecule is Cc1cccc(C)c1OC1CCN(Cc2nnc(C(C)(C)C)o2)CC1. The standard InChI is InChI=1S/C20H29N3O2/c1-14-7-6-8-15(2)18(14)24-16-9-11-23(12-10-16)13-17-21-22-19(25-17)20(3,4)5/h6-8,16H,9-13H2,1-5H3. The van der Waals surface area contributed by atoms with Gasteiger partial charge in [-0.2, -0.15) is 0 Å². The molecule has 1 aromatic heterocycles. The van der Waals surface area contributed by atoms with Gasteiger partial charge in [0.25, 0.3) is 0 Å². The Kier molecular flexibility index (Phi) is 5.13. The summed E-state index contributed by atoms with van der Waals surface area (Å²) >= 11 is 0. The second-order valence-electron chi connectivity index (χ2n) is 8.07. The van der Waals surface area contributed by atoms with Crippen LogP contribution in [0.15, 0.2) is 22.6 Å². The predicted molar refractivity (Wildman–Crippen MR) is 97.8 cm³/mol. The van der Waals surface area contributed by atoms with Crippen LogP contribution in [-0.4, -0.2) is 34.3 Å². The molecule has 5 nitrogen and oxygen atoms in total. The molecule has 0 aliphatic carbocycles. The van der Waals surface area contributed by atoms with Gasteiger partial charge in [0, 0.05) is 18.5 Å². The summed E-state index contributed by atoms with van der Waals surface area (Å²) in [6, 6.07) is 6.30. The van der Waals surface area contributed by atoms with Crippen LogP contribution in [0.1, 0.15) is 56.5 Å². The smallest absolute Gasteiger partial charge is 0.230 e. The number of nitrogens with zero attached hydrogens (tertiary/aromatic N) is 3. The van der Waals surface area contributed by atoms with Crippen molar-refractivity contribution in [3.8, 4) is 5.75 Å². The Balaban J connectivity index is 1.53. The molecule has 0 bridgehead atoms. The van der Waals surface area contributed by atoms with Crippen LogP contribution in [0.25, 0.3) is 0 Å². The number of piperidine rings is 1. The van der Waals surface area contributed by atoms with Gasteiger partial charge in [0.05, 0.1) is 6.54 Å². The number of para-hydroxylation sites is 1. The highest BCUT2D eigenvalue weighted by molar-refractivity contribution is 5.39. The number of benzene rings is 1. The van der Waals surface area contributed by atoms with E-state index in [1.165, 1.54) is 11.1 Å². The maximum absolute atomic E-state index is 6.29. The highest BCUT2D eigenvalue weighted by Crippen LogP contribution is 2.27. The summed E-state index contributed by atoms with van der Waals surface area (Å²) in [5.41, 5.74) is 2.32. The number of hydrogen-bond acceptors (Lipinski definition) is 5. The first-order valence-electron chi connectivity index (χ1n) is 9.11. The van der Waals surface area contributed by atoms with Gasteiger partial charge in [0.1, 0.15) is 11.9 Å². The summed E-state index contributed by atoms with van der Waals surface area (Å²) in [7, 11) is 0. The molecule has 0 radical (unpaired) electrons. The van der Waals surface area contributed by atoms with Crippen molar-refractivity contribution in [3.63, 3.8) is 0 Å². The van der Waals surface area contributed by atoms with Gasteiger partial charge in [-0.15, -0.1) is 10.2 Å². The molecule has 0 spiro atoms. The average Bonchev–Trinajstić information content (AvgIpc) is 3.01. The normalized spacial score (nSPS) is 17.0. The molecule has 0 unspecified atom stereocenters. The number of aryl methyl sites for hydroxylation is 2. The first-order chi connectivity index (χ1) is 11.8. The quantitative estimate of drug-likeness (QED) is 0.839. The van der Waals surface area contributed by atoms with E-state index in [-0.39, 0.29) is 11.5 Å². The fraction of sp³-hybridized carbons (Fsp3) is 0.600. The zero-order valence-electron chi connectivity index (χ0n) is 16.0. The van der Waals surface area contributed by atoms with Gasteiger partial charge in [-0.1, -0.05) is 39.0 Å². The topological polar surface area (TPSA) is 51.4 Å². The van der Waals surface area contributed by atoms with Gasteiger partial charge in [0.2, 0.25) is 11.8 Å². The van der Waals surface area contributed by atoms with Crippen LogP contribution in [-0.2, 0) is 12.0 Å². The number of rotatable bonds is 4. The van der Waals surface area contributed by atoms with E-state index in [0.717, 1.165) is 38.2 Å². The minimum absolute atomic E-state index is 0.0997. The molecule has 0 amide bonds. The largest absolute Gasteiger partial charge is 0.490 e. The molecule has 136 valence electrons. The average molecular weight is 343 g/mol. The van der Waals surface area contributed by atoms with E-state index in [2.05, 4.69) is 67.9 Å². The number of likely N-dealkylation sites (tertiary alicyclic amines) is 1. The molecule has 0 atom stereocenters. The molecule has 25 heavy (non-hydrogen) atoms. The lowest BCUT2D eigenvalue weighted by atomic mass is 9.97. The lowest BCUT2D eigenvalue weighted by molar-refractivity contribution is 0.0903. The Labute approximate surface area is 150 Å². The Hall–Kier alpha value is -1.88. The van der Waals surface area contributed by atoms with Crippen molar-refractivity contribution >= 4 is 0 Å². The molecule has 1 saturated heterocycles. The van der Waals surface area contributed by atoms with E-state index in [1.807, 2.05) is 0 Å². The summed E-state index contributed by atoms with van der Waals surface area (Å²) in [4.78, 5) is 2.37. The summed E-state index contributed by atoms with van der Waals surface area (Å²) in [6.45, 7) is 13.2. The van der Waals surface area contributed by atoms with Crippen LogP contribution < -0.4 is 4.74 Å². The van der Waals surface area contributed by atoms with Crippen molar-refractivity contribution in [1.29, 1.82) is 0 Å². The maximum Gasteiger partial charge on any atom is 0.230 e. The Morgan fingerprint density at radius 3 is 2.32 bits per heavy atom. The van der Waals surface area contributed by atoms with Crippen LogP contribution in [0, 0.1) is 13.8 Å². The van der Waals surface area contributed by atoms with E-state index >= 15 is 0 Å². The van der Waals surface area contributed by atoms with Crippen LogP contribution in [0.4, 0.5) is 0 Å². The molecule has 2 aromatic rings. The molecular weight excluding hydrogens is 314 g/mol. The zero-order chi connectivity index (χ0) is 18.0. The van der Waals surface area contributed by atoms with Crippen molar-refractivity contribution in [3.05, 3.63) is 41.1 Å². The van der Waals surface area contributed by atoms with Crippen molar-refractivity contribution < 1.29 is 9.15 Å². The molecule has 0 saturated carbocycles. The number of hydrogen-bond donors (Lipinski definition) is 0. The monoisotopic (exact) mass is 343 g/mol. The first kappa shape index (κ1) is 17.9. The van der Waals surface area contributed by atoms with Gasteiger partial charge in [0.15, 0.2) is 0 Å². The third-order valence-electron chi connectivity index (χ3n) is 4.70. The minimum atomic E-state index is -0.0997. The Morgan fingerprint density at radius 1 is 1.12 bits per heavy atom. The molecule has 1 aliphatic rings. The molecule has 0 N–H and O–H groups in total. The summed E-state index contributed by atoms with van der Waals surface area (Å²) in [5.74, 6) is 2.46. The van der Waals surface area contributed by atoms with Crippen LogP contribution >= 0.6 is 0 Å². The molecule has 1 aliphatic heterocycles. The fourth-order valence-electron chi connectivity index (χ4n) is 3.15. The van der Waals surface area contributed by atoms with E-state index in [9.17, 15) is 0 Å². The van der Waals surface area contributed by atoms with Gasteiger partial charge in [-0.05, 0) is 37.8 Å². The summed E-state index contributed by atoms with van der Waals surface area (Å²) in [6.07, 6.45) is 2.33. The Morgan fingerprint density at radius 2 is 1.76 bits per heavy atom. The van der Waals surface area contributed by atoms with Crippen LogP contribution in [0.2, 0.25) is 0 Å². The molecular formula is C20H29N3O2. The van der Waals surface area contributed by atoms with Gasteiger partial charge >= 0.3 is 0 Å². The van der Waals surface area contributed by atoms with Crippen molar-refractivity contribution in [2.24, 2.45) is 0 Å². The zero-order valence-corrected chi connectivity index (χ0v) is 16.0. The molecule has 5 heteroatoms. The van der Waals surface area contributed by atoms with E-state index in [1.54, 1.807) is 0 Å². The van der Waals surface area contributed by atoms with Crippen LogP contribution in [0.3, 0.4) is 0 Å². The minimum Gasteiger partial charge on any atom is -0.490 e. The second kappa shape index (κ2) is 7.16. The first-order valence-corrected chi connectivity index (χ1v) is 9.11. The van der Waals surface area contributed by atoms with E-state index < -0.39 is 0 Å². The van der Waals surface area contributed by atoms with Crippen molar-refractivity contribution in [2.45, 2.75) is 65.5 Å². The summed E-state index contributed by atoms with van der Waals surface area (Å²) < 4.78 is 12.1. The number of ether oxygens (including phenoxy) is 1. The van der Waals surface area contributed by atoms with Gasteiger partial charge in [-0.25, -0.2) is 0 Å². The molecule has 3 rings (SSSR count). The van der Waals surface area contributed by atoms with E-state index in [0.29, 0.717) is 11.8 Å². The van der Waals surface area contributed by atoms with Crippen LogP contribution in [0.5, 0.6) is 5.75 Å². The highest BCUT2D eigenvalue weighted by Gasteiger charge is 2.25. The second-order valence-corrected chi connectivity index (χ2v) is 8.07. The lowest BCUT2D eigenvalue weighted by Gasteiger charge is -2.32. The molecule has 1 aromatic carbocycles. The summed E-state index contributed by atoms with van der Waals surface area (Å²) in [5, 5.41) is 8.37. The van der Waals surface area contributed by atoms with Crippen molar-refractivity contribution in [1.82, 2.24) is 15.1 Å². The lowest BCUT2D eigenvalue weighted by Crippen LogP contribution is -2.38. The highest BCUT2D eigenvalue weighted by atomic mass is 16.5. The number of aromatic nitrogens is 2. The predicted octanol–water partition coefficient (Wildman–Crippen LogP) is 4.03. The molecule has 2 heterocycles. The maximum atomic E-state index is 6.29. The third-order valence-corrected chi connectivity index (χ3v) is 4.70. The van der Waals surface area contributed by atoms with Gasteiger partial charge < -0.3 is 9.15 Å².